The molecule has 1 aromatic rings. The van der Waals surface area contributed by atoms with Gasteiger partial charge in [0.2, 0.25) is 5.91 Å². The van der Waals surface area contributed by atoms with Gasteiger partial charge in [0.1, 0.15) is 5.82 Å². The van der Waals surface area contributed by atoms with Gasteiger partial charge in [-0.15, -0.1) is 0 Å². The van der Waals surface area contributed by atoms with Gasteiger partial charge in [-0.2, -0.15) is 5.10 Å². The highest BCUT2D eigenvalue weighted by atomic mass is 19.1. The van der Waals surface area contributed by atoms with Crippen molar-refractivity contribution in [1.82, 2.24) is 5.01 Å². The highest BCUT2D eigenvalue weighted by Crippen LogP contribution is 2.66. The largest absolute Gasteiger partial charge is 0.393 e. The summed E-state index contributed by atoms with van der Waals surface area (Å²) >= 11 is 0. The zero-order valence-electron chi connectivity index (χ0n) is 21.3. The van der Waals surface area contributed by atoms with Crippen molar-refractivity contribution in [3.63, 3.8) is 0 Å². The smallest absolute Gasteiger partial charge is 0.240 e. The molecule has 3 saturated carbocycles. The van der Waals surface area contributed by atoms with Gasteiger partial charge in [0, 0.05) is 25.0 Å². The molecule has 8 atom stereocenters. The van der Waals surface area contributed by atoms with Crippen molar-refractivity contribution in [3.8, 4) is 0 Å². The summed E-state index contributed by atoms with van der Waals surface area (Å²) in [6.07, 6.45) is 11.9. The van der Waals surface area contributed by atoms with E-state index in [0.717, 1.165) is 43.4 Å². The molecule has 0 saturated heterocycles. The van der Waals surface area contributed by atoms with Crippen LogP contribution >= 0.6 is 0 Å². The molecular weight excluding hydrogens is 439 g/mol. The lowest BCUT2D eigenvalue weighted by molar-refractivity contribution is -0.130. The molecule has 1 aromatic carbocycles. The van der Waals surface area contributed by atoms with Crippen LogP contribution in [0.3, 0.4) is 0 Å². The van der Waals surface area contributed by atoms with Crippen LogP contribution in [0.25, 0.3) is 0 Å². The van der Waals surface area contributed by atoms with Gasteiger partial charge in [-0.25, -0.2) is 9.40 Å². The minimum absolute atomic E-state index is 0.0740. The molecule has 1 heterocycles. The molecule has 0 radical (unpaired) electrons. The Morgan fingerprint density at radius 1 is 1.11 bits per heavy atom. The average Bonchev–Trinajstić information content (AvgIpc) is 3.41. The number of rotatable bonds is 2. The normalized spacial score (nSPS) is 42.6. The van der Waals surface area contributed by atoms with E-state index in [1.165, 1.54) is 30.9 Å². The first-order chi connectivity index (χ1) is 16.7. The van der Waals surface area contributed by atoms with Crippen LogP contribution in [-0.4, -0.2) is 27.8 Å². The number of aliphatic hydroxyl groups excluding tert-OH is 1. The average molecular weight is 479 g/mol. The van der Waals surface area contributed by atoms with Crippen molar-refractivity contribution in [2.24, 2.45) is 39.6 Å². The Kier molecular flexibility index (Phi) is 5.52. The SMILES string of the molecule is CC(=O)N1N=C([C@H]2CC[C@H]3[C@@H]4CC=C5C[C@@H](O)CC[C@]5(C)[C@H]4CC[C@]23C)CC1c1cccc(F)c1. The Bertz CT molecular complexity index is 1100. The first-order valence-electron chi connectivity index (χ1n) is 13.7. The molecule has 0 spiro atoms. The third-order valence-corrected chi connectivity index (χ3v) is 11.0. The van der Waals surface area contributed by atoms with Gasteiger partial charge in [-0.1, -0.05) is 37.6 Å². The van der Waals surface area contributed by atoms with Gasteiger partial charge < -0.3 is 5.11 Å². The van der Waals surface area contributed by atoms with Crippen LogP contribution in [0.4, 0.5) is 4.39 Å². The van der Waals surface area contributed by atoms with E-state index in [1.807, 2.05) is 6.07 Å². The van der Waals surface area contributed by atoms with Gasteiger partial charge in [0.05, 0.1) is 12.1 Å². The summed E-state index contributed by atoms with van der Waals surface area (Å²) in [7, 11) is 0. The number of nitrogens with zero attached hydrogens (tertiary/aromatic N) is 2. The fourth-order valence-corrected chi connectivity index (χ4v) is 9.20. The molecule has 4 aliphatic carbocycles. The Morgan fingerprint density at radius 2 is 1.94 bits per heavy atom. The molecule has 4 nitrogen and oxygen atoms in total. The van der Waals surface area contributed by atoms with E-state index in [0.29, 0.717) is 30.1 Å². The van der Waals surface area contributed by atoms with Gasteiger partial charge in [-0.3, -0.25) is 4.79 Å². The second-order valence-electron chi connectivity index (χ2n) is 12.6. The fraction of sp³-hybridized carbons (Fsp3) is 0.667. The summed E-state index contributed by atoms with van der Waals surface area (Å²) in [4.78, 5) is 12.5. The molecule has 1 amide bonds. The molecule has 5 heteroatoms. The lowest BCUT2D eigenvalue weighted by Gasteiger charge is -2.58. The van der Waals surface area contributed by atoms with Gasteiger partial charge in [-0.05, 0) is 97.6 Å². The van der Waals surface area contributed by atoms with Crippen molar-refractivity contribution in [2.45, 2.75) is 90.7 Å². The second kappa shape index (κ2) is 8.26. The molecule has 1 N–H and O–H groups in total. The highest BCUT2D eigenvalue weighted by molar-refractivity contribution is 5.92. The number of amides is 1. The van der Waals surface area contributed by atoms with Crippen LogP contribution in [-0.2, 0) is 4.79 Å². The predicted octanol–water partition coefficient (Wildman–Crippen LogP) is 6.41. The van der Waals surface area contributed by atoms with E-state index in [9.17, 15) is 14.3 Å². The Hall–Kier alpha value is -2.01. The first kappa shape index (κ1) is 23.4. The summed E-state index contributed by atoms with van der Waals surface area (Å²) in [5.41, 5.74) is 3.96. The topological polar surface area (TPSA) is 52.9 Å². The zero-order chi connectivity index (χ0) is 24.5. The third-order valence-electron chi connectivity index (χ3n) is 11.0. The number of carbonyl (C=O) groups is 1. The third kappa shape index (κ3) is 3.55. The van der Waals surface area contributed by atoms with Crippen molar-refractivity contribution >= 4 is 11.6 Å². The van der Waals surface area contributed by atoms with Gasteiger partial charge in [0.15, 0.2) is 0 Å². The molecule has 5 aliphatic rings. The van der Waals surface area contributed by atoms with E-state index in [2.05, 4.69) is 19.9 Å². The minimum atomic E-state index is -0.265. The molecule has 1 aliphatic heterocycles. The Morgan fingerprint density at radius 3 is 2.71 bits per heavy atom. The van der Waals surface area contributed by atoms with Crippen molar-refractivity contribution < 1.29 is 14.3 Å². The number of aliphatic hydroxyl groups is 1. The molecule has 3 fully saturated rings. The molecule has 0 aromatic heterocycles. The summed E-state index contributed by atoms with van der Waals surface area (Å²) in [6.45, 7) is 6.54. The van der Waals surface area contributed by atoms with E-state index in [4.69, 9.17) is 5.10 Å². The van der Waals surface area contributed by atoms with Gasteiger partial charge in [0.25, 0.3) is 0 Å². The van der Waals surface area contributed by atoms with Crippen molar-refractivity contribution in [1.29, 1.82) is 0 Å². The van der Waals surface area contributed by atoms with Crippen LogP contribution in [0.5, 0.6) is 0 Å². The monoisotopic (exact) mass is 478 g/mol. The number of benzene rings is 1. The lowest BCUT2D eigenvalue weighted by Crippen LogP contribution is -2.51. The maximum Gasteiger partial charge on any atom is 0.240 e. The summed E-state index contributed by atoms with van der Waals surface area (Å²) < 4.78 is 14.0. The number of allylic oxidation sites excluding steroid dienone is 1. The highest BCUT2D eigenvalue weighted by Gasteiger charge is 2.59. The van der Waals surface area contributed by atoms with Crippen molar-refractivity contribution in [3.05, 3.63) is 47.3 Å². The lowest BCUT2D eigenvalue weighted by atomic mass is 9.47. The number of carbonyl (C=O) groups excluding carboxylic acids is 1. The van der Waals surface area contributed by atoms with Crippen LogP contribution in [0.15, 0.2) is 41.0 Å². The predicted molar refractivity (Wildman–Crippen MR) is 135 cm³/mol. The number of hydrazone groups is 1. The first-order valence-corrected chi connectivity index (χ1v) is 13.7. The molecule has 6 rings (SSSR count). The summed E-state index contributed by atoms with van der Waals surface area (Å²) in [5.74, 6) is 2.14. The number of fused-ring (bicyclic) bond motifs is 5. The fourth-order valence-electron chi connectivity index (χ4n) is 9.20. The number of hydrogen-bond acceptors (Lipinski definition) is 3. The van der Waals surface area contributed by atoms with Crippen LogP contribution in [0.2, 0.25) is 0 Å². The van der Waals surface area contributed by atoms with Gasteiger partial charge >= 0.3 is 0 Å². The number of halogens is 1. The number of hydrogen-bond donors (Lipinski definition) is 1. The minimum Gasteiger partial charge on any atom is -0.393 e. The second-order valence-corrected chi connectivity index (χ2v) is 12.6. The molecule has 188 valence electrons. The maximum atomic E-state index is 14.0. The van der Waals surface area contributed by atoms with Crippen LogP contribution < -0.4 is 0 Å². The Labute approximate surface area is 208 Å². The van der Waals surface area contributed by atoms with E-state index >= 15 is 0 Å². The molecule has 1 unspecified atom stereocenters. The molecular formula is C30H39FN2O2. The summed E-state index contributed by atoms with van der Waals surface area (Å²) in [5, 5.41) is 16.8. The summed E-state index contributed by atoms with van der Waals surface area (Å²) in [6, 6.07) is 6.45. The molecule has 35 heavy (non-hydrogen) atoms. The van der Waals surface area contributed by atoms with Crippen molar-refractivity contribution in [2.75, 3.05) is 0 Å². The maximum absolute atomic E-state index is 14.0. The van der Waals surface area contributed by atoms with E-state index in [-0.39, 0.29) is 34.7 Å². The molecule has 0 bridgehead atoms. The standard InChI is InChI=1S/C30H39FN2O2/c1-18(34)33-28(19-5-4-6-21(31)15-19)17-27(32-33)26-10-9-24-23-8-7-20-16-22(35)11-13-29(20,2)25(23)12-14-30(24,26)3/h4-7,15,22-26,28,35H,8-14,16-17H2,1-3H3/t22-,23-,24-,25-,26+,28?,29-,30-/m0/s1. The zero-order valence-corrected chi connectivity index (χ0v) is 21.3. The van der Waals surface area contributed by atoms with Crippen LogP contribution in [0, 0.1) is 40.3 Å². The van der Waals surface area contributed by atoms with Crippen LogP contribution in [0.1, 0.15) is 90.2 Å². The Balaban J connectivity index is 1.27. The van der Waals surface area contributed by atoms with E-state index < -0.39 is 0 Å². The van der Waals surface area contributed by atoms with E-state index in [1.54, 1.807) is 24.1 Å². The quantitative estimate of drug-likeness (QED) is 0.499.